The van der Waals surface area contributed by atoms with Gasteiger partial charge in [0.05, 0.1) is 5.02 Å². The smallest absolute Gasteiger partial charge is 0.182 e. The second kappa shape index (κ2) is 3.82. The first-order valence-corrected chi connectivity index (χ1v) is 5.38. The first kappa shape index (κ1) is 10.2. The Bertz CT molecular complexity index is 676. The first-order chi connectivity index (χ1) is 8.22. The van der Waals surface area contributed by atoms with Gasteiger partial charge >= 0.3 is 0 Å². The number of aromatic nitrogens is 3. The maximum absolute atomic E-state index is 12.8. The van der Waals surface area contributed by atoms with Gasteiger partial charge in [0.15, 0.2) is 11.5 Å². The molecule has 1 aromatic carbocycles. The van der Waals surface area contributed by atoms with E-state index in [1.165, 1.54) is 12.1 Å². The second-order valence-electron chi connectivity index (χ2n) is 3.59. The summed E-state index contributed by atoms with van der Waals surface area (Å²) in [4.78, 5) is 4.32. The van der Waals surface area contributed by atoms with E-state index >= 15 is 0 Å². The SMILES string of the molecule is Fc1ccc(-c2nc3ccc(Cl)cn3n2)cc1. The average Bonchev–Trinajstić information content (AvgIpc) is 2.72. The van der Waals surface area contributed by atoms with Crippen molar-refractivity contribution in [3.8, 4) is 11.4 Å². The summed E-state index contributed by atoms with van der Waals surface area (Å²) in [7, 11) is 0. The highest BCUT2D eigenvalue weighted by Crippen LogP contribution is 2.17. The molecule has 3 aromatic rings. The quantitative estimate of drug-likeness (QED) is 0.661. The summed E-state index contributed by atoms with van der Waals surface area (Å²) in [5.41, 5.74) is 1.47. The number of benzene rings is 1. The van der Waals surface area contributed by atoms with Crippen LogP contribution in [-0.4, -0.2) is 14.6 Å². The fourth-order valence-corrected chi connectivity index (χ4v) is 1.73. The third kappa shape index (κ3) is 1.87. The van der Waals surface area contributed by atoms with Gasteiger partial charge in [0.2, 0.25) is 0 Å². The van der Waals surface area contributed by atoms with E-state index in [1.807, 2.05) is 0 Å². The fraction of sp³-hybridized carbons (Fsp3) is 0. The molecule has 2 aromatic heterocycles. The predicted molar refractivity (Wildman–Crippen MR) is 63.4 cm³/mol. The fourth-order valence-electron chi connectivity index (χ4n) is 1.58. The van der Waals surface area contributed by atoms with Crippen LogP contribution in [0.3, 0.4) is 0 Å². The molecule has 0 atom stereocenters. The van der Waals surface area contributed by atoms with Crippen molar-refractivity contribution in [3.63, 3.8) is 0 Å². The molecule has 0 radical (unpaired) electrons. The molecule has 17 heavy (non-hydrogen) atoms. The molecule has 5 heteroatoms. The van der Waals surface area contributed by atoms with Gasteiger partial charge in [-0.2, -0.15) is 0 Å². The van der Waals surface area contributed by atoms with Gasteiger partial charge in [0.1, 0.15) is 5.82 Å². The minimum Gasteiger partial charge on any atom is -0.219 e. The molecule has 0 fully saturated rings. The van der Waals surface area contributed by atoms with E-state index in [-0.39, 0.29) is 5.82 Å². The first-order valence-electron chi connectivity index (χ1n) is 5.00. The Kier molecular flexibility index (Phi) is 2.30. The van der Waals surface area contributed by atoms with Crippen molar-refractivity contribution >= 4 is 17.2 Å². The lowest BCUT2D eigenvalue weighted by atomic mass is 10.2. The maximum atomic E-state index is 12.8. The van der Waals surface area contributed by atoms with Crippen molar-refractivity contribution in [2.24, 2.45) is 0 Å². The average molecular weight is 248 g/mol. The summed E-state index contributed by atoms with van der Waals surface area (Å²) >= 11 is 5.86. The van der Waals surface area contributed by atoms with E-state index in [0.717, 1.165) is 5.56 Å². The molecule has 3 nitrogen and oxygen atoms in total. The van der Waals surface area contributed by atoms with Crippen LogP contribution in [0.15, 0.2) is 42.6 Å². The monoisotopic (exact) mass is 247 g/mol. The zero-order chi connectivity index (χ0) is 11.8. The van der Waals surface area contributed by atoms with Crippen LogP contribution in [0, 0.1) is 5.82 Å². The number of fused-ring (bicyclic) bond motifs is 1. The van der Waals surface area contributed by atoms with Gasteiger partial charge in [-0.3, -0.25) is 0 Å². The Balaban J connectivity index is 2.14. The summed E-state index contributed by atoms with van der Waals surface area (Å²) in [5.74, 6) is 0.271. The maximum Gasteiger partial charge on any atom is 0.182 e. The molecule has 0 aliphatic rings. The molecule has 2 heterocycles. The largest absolute Gasteiger partial charge is 0.219 e. The van der Waals surface area contributed by atoms with Crippen molar-refractivity contribution in [1.29, 1.82) is 0 Å². The van der Waals surface area contributed by atoms with E-state index in [0.29, 0.717) is 16.5 Å². The number of nitrogens with zero attached hydrogens (tertiary/aromatic N) is 3. The van der Waals surface area contributed by atoms with E-state index in [1.54, 1.807) is 35.0 Å². The highest BCUT2D eigenvalue weighted by molar-refractivity contribution is 6.30. The lowest BCUT2D eigenvalue weighted by molar-refractivity contribution is 0.628. The summed E-state index contributed by atoms with van der Waals surface area (Å²) in [6.07, 6.45) is 1.68. The second-order valence-corrected chi connectivity index (χ2v) is 4.03. The minimum absolute atomic E-state index is 0.277. The lowest BCUT2D eigenvalue weighted by Gasteiger charge is -1.93. The molecular weight excluding hydrogens is 241 g/mol. The molecule has 0 unspecified atom stereocenters. The predicted octanol–water partition coefficient (Wildman–Crippen LogP) is 3.19. The van der Waals surface area contributed by atoms with Gasteiger partial charge < -0.3 is 0 Å². The van der Waals surface area contributed by atoms with E-state index < -0.39 is 0 Å². The van der Waals surface area contributed by atoms with Crippen LogP contribution >= 0.6 is 11.6 Å². The molecule has 0 aliphatic carbocycles. The van der Waals surface area contributed by atoms with Crippen LogP contribution in [0.1, 0.15) is 0 Å². The Labute approximate surface area is 101 Å². The molecule has 0 N–H and O–H groups in total. The molecule has 0 saturated heterocycles. The summed E-state index contributed by atoms with van der Waals surface area (Å²) < 4.78 is 14.4. The number of halogens is 2. The third-order valence-electron chi connectivity index (χ3n) is 2.40. The van der Waals surface area contributed by atoms with Gasteiger partial charge in [0, 0.05) is 11.8 Å². The molecular formula is C12H7ClFN3. The summed E-state index contributed by atoms with van der Waals surface area (Å²) in [6.45, 7) is 0. The number of hydrogen-bond acceptors (Lipinski definition) is 2. The Morgan fingerprint density at radius 3 is 2.59 bits per heavy atom. The van der Waals surface area contributed by atoms with Gasteiger partial charge in [0.25, 0.3) is 0 Å². The standard InChI is InChI=1S/C12H7ClFN3/c13-9-3-6-11-15-12(16-17(11)7-9)8-1-4-10(14)5-2-8/h1-7H. The van der Waals surface area contributed by atoms with Gasteiger partial charge in [-0.15, -0.1) is 5.10 Å². The molecule has 3 rings (SSSR count). The van der Waals surface area contributed by atoms with Crippen molar-refractivity contribution < 1.29 is 4.39 Å². The summed E-state index contributed by atoms with van der Waals surface area (Å²) in [5, 5.41) is 4.86. The number of hydrogen-bond donors (Lipinski definition) is 0. The number of pyridine rings is 1. The van der Waals surface area contributed by atoms with E-state index in [9.17, 15) is 4.39 Å². The van der Waals surface area contributed by atoms with Crippen molar-refractivity contribution in [3.05, 3.63) is 53.4 Å². The zero-order valence-corrected chi connectivity index (χ0v) is 9.39. The van der Waals surface area contributed by atoms with E-state index in [2.05, 4.69) is 10.1 Å². The lowest BCUT2D eigenvalue weighted by Crippen LogP contribution is -1.86. The van der Waals surface area contributed by atoms with Crippen molar-refractivity contribution in [2.75, 3.05) is 0 Å². The summed E-state index contributed by atoms with van der Waals surface area (Å²) in [6, 6.07) is 9.59. The van der Waals surface area contributed by atoms with Crippen LogP contribution in [-0.2, 0) is 0 Å². The van der Waals surface area contributed by atoms with Gasteiger partial charge in [-0.1, -0.05) is 11.6 Å². The Morgan fingerprint density at radius 2 is 1.82 bits per heavy atom. The highest BCUT2D eigenvalue weighted by Gasteiger charge is 2.06. The zero-order valence-electron chi connectivity index (χ0n) is 8.64. The van der Waals surface area contributed by atoms with Crippen LogP contribution in [0.2, 0.25) is 5.02 Å². The molecule has 0 amide bonds. The van der Waals surface area contributed by atoms with E-state index in [4.69, 9.17) is 11.6 Å². The highest BCUT2D eigenvalue weighted by atomic mass is 35.5. The van der Waals surface area contributed by atoms with Crippen LogP contribution in [0.25, 0.3) is 17.0 Å². The third-order valence-corrected chi connectivity index (χ3v) is 2.62. The van der Waals surface area contributed by atoms with Crippen LogP contribution in [0.5, 0.6) is 0 Å². The Hall–Kier alpha value is -1.94. The number of rotatable bonds is 1. The van der Waals surface area contributed by atoms with Gasteiger partial charge in [-0.25, -0.2) is 13.9 Å². The normalized spacial score (nSPS) is 10.9. The molecule has 0 saturated carbocycles. The topological polar surface area (TPSA) is 30.2 Å². The molecule has 0 spiro atoms. The van der Waals surface area contributed by atoms with Crippen molar-refractivity contribution in [2.45, 2.75) is 0 Å². The van der Waals surface area contributed by atoms with Gasteiger partial charge in [-0.05, 0) is 36.4 Å². The van der Waals surface area contributed by atoms with Crippen LogP contribution < -0.4 is 0 Å². The van der Waals surface area contributed by atoms with Crippen LogP contribution in [0.4, 0.5) is 4.39 Å². The molecule has 84 valence electrons. The van der Waals surface area contributed by atoms with Crippen molar-refractivity contribution in [1.82, 2.24) is 14.6 Å². The molecule has 0 aliphatic heterocycles. The molecule has 0 bridgehead atoms. The Morgan fingerprint density at radius 1 is 1.06 bits per heavy atom. The minimum atomic E-state index is -0.277.